The van der Waals surface area contributed by atoms with Gasteiger partial charge in [-0.1, -0.05) is 20.8 Å². The van der Waals surface area contributed by atoms with E-state index >= 15 is 0 Å². The number of pyridine rings is 1. The molecule has 1 aromatic rings. The molecule has 1 unspecified atom stereocenters. The number of hydrogen-bond acceptors (Lipinski definition) is 3. The van der Waals surface area contributed by atoms with Crippen molar-refractivity contribution < 1.29 is 0 Å². The van der Waals surface area contributed by atoms with Crippen LogP contribution in [-0.4, -0.2) is 29.5 Å². The smallest absolute Gasteiger partial charge is 0.126 e. The first kappa shape index (κ1) is 15.0. The van der Waals surface area contributed by atoms with Gasteiger partial charge in [0.15, 0.2) is 0 Å². The van der Waals surface area contributed by atoms with Gasteiger partial charge in [0.25, 0.3) is 0 Å². The Kier molecular flexibility index (Phi) is 5.15. The largest absolute Gasteiger partial charge is 0.370 e. The highest BCUT2D eigenvalue weighted by atomic mass is 15.1. The summed E-state index contributed by atoms with van der Waals surface area (Å²) in [6.45, 7) is 13.1. The predicted octanol–water partition coefficient (Wildman–Crippen LogP) is 3.38. The summed E-state index contributed by atoms with van der Waals surface area (Å²) in [5, 5.41) is 3.25. The molecule has 1 N–H and O–H groups in total. The lowest BCUT2D eigenvalue weighted by Gasteiger charge is -2.35. The first-order chi connectivity index (χ1) is 8.34. The van der Waals surface area contributed by atoms with E-state index in [0.717, 1.165) is 18.9 Å². The molecule has 0 aliphatic rings. The van der Waals surface area contributed by atoms with Gasteiger partial charge in [-0.05, 0) is 44.0 Å². The van der Waals surface area contributed by atoms with Crippen LogP contribution in [0.2, 0.25) is 0 Å². The average Bonchev–Trinajstić information content (AvgIpc) is 2.27. The Bertz CT molecular complexity index is 368. The van der Waals surface area contributed by atoms with Gasteiger partial charge in [-0.15, -0.1) is 0 Å². The van der Waals surface area contributed by atoms with Crippen LogP contribution in [0.5, 0.6) is 0 Å². The van der Waals surface area contributed by atoms with Crippen LogP contribution in [0.4, 0.5) is 5.82 Å². The molecule has 18 heavy (non-hydrogen) atoms. The highest BCUT2D eigenvalue weighted by Gasteiger charge is 2.23. The van der Waals surface area contributed by atoms with Crippen LogP contribution in [0.25, 0.3) is 0 Å². The Morgan fingerprint density at radius 3 is 2.61 bits per heavy atom. The Hall–Kier alpha value is -1.09. The lowest BCUT2D eigenvalue weighted by molar-refractivity contribution is 0.134. The highest BCUT2D eigenvalue weighted by Crippen LogP contribution is 2.24. The number of anilines is 1. The molecule has 3 nitrogen and oxygen atoms in total. The fourth-order valence-corrected chi connectivity index (χ4v) is 1.94. The minimum Gasteiger partial charge on any atom is -0.370 e. The van der Waals surface area contributed by atoms with Crippen molar-refractivity contribution in [1.29, 1.82) is 0 Å². The second-order valence-corrected chi connectivity index (χ2v) is 6.04. The molecular formula is C15H27N3. The molecule has 0 radical (unpaired) electrons. The Balaban J connectivity index is 2.69. The van der Waals surface area contributed by atoms with E-state index in [4.69, 9.17) is 0 Å². The third-order valence-corrected chi connectivity index (χ3v) is 3.53. The van der Waals surface area contributed by atoms with E-state index in [2.05, 4.69) is 69.0 Å². The van der Waals surface area contributed by atoms with Crippen LogP contribution in [0.1, 0.15) is 40.2 Å². The maximum atomic E-state index is 4.30. The lowest BCUT2D eigenvalue weighted by Crippen LogP contribution is -2.38. The highest BCUT2D eigenvalue weighted by molar-refractivity contribution is 5.37. The van der Waals surface area contributed by atoms with Crippen LogP contribution < -0.4 is 5.32 Å². The zero-order valence-corrected chi connectivity index (χ0v) is 12.6. The van der Waals surface area contributed by atoms with E-state index in [9.17, 15) is 0 Å². The zero-order chi connectivity index (χ0) is 13.8. The van der Waals surface area contributed by atoms with Gasteiger partial charge in [-0.25, -0.2) is 4.98 Å². The van der Waals surface area contributed by atoms with E-state index in [1.54, 1.807) is 0 Å². The fourth-order valence-electron chi connectivity index (χ4n) is 1.94. The van der Waals surface area contributed by atoms with Crippen LogP contribution in [0.15, 0.2) is 18.3 Å². The summed E-state index contributed by atoms with van der Waals surface area (Å²) < 4.78 is 0. The molecule has 0 fully saturated rings. The van der Waals surface area contributed by atoms with Crippen LogP contribution >= 0.6 is 0 Å². The molecule has 0 amide bonds. The third-order valence-electron chi connectivity index (χ3n) is 3.53. The van der Waals surface area contributed by atoms with E-state index in [0.29, 0.717) is 11.5 Å². The summed E-state index contributed by atoms with van der Waals surface area (Å²) in [4.78, 5) is 6.69. The van der Waals surface area contributed by atoms with Gasteiger partial charge in [-0.2, -0.15) is 0 Å². The second kappa shape index (κ2) is 6.19. The summed E-state index contributed by atoms with van der Waals surface area (Å²) in [6, 6.07) is 4.76. The lowest BCUT2D eigenvalue weighted by atomic mass is 9.87. The molecule has 0 aliphatic carbocycles. The number of nitrogens with zero attached hydrogens (tertiary/aromatic N) is 2. The van der Waals surface area contributed by atoms with Crippen molar-refractivity contribution in [2.45, 2.75) is 47.2 Å². The van der Waals surface area contributed by atoms with E-state index in [1.807, 2.05) is 6.20 Å². The minimum absolute atomic E-state index is 0.298. The van der Waals surface area contributed by atoms with E-state index in [1.165, 1.54) is 5.56 Å². The van der Waals surface area contributed by atoms with Crippen LogP contribution in [-0.2, 0) is 6.54 Å². The molecule has 0 aliphatic heterocycles. The van der Waals surface area contributed by atoms with Crippen molar-refractivity contribution in [3.05, 3.63) is 23.9 Å². The second-order valence-electron chi connectivity index (χ2n) is 6.04. The molecule has 0 spiro atoms. The molecule has 3 heteroatoms. The molecule has 0 aromatic carbocycles. The van der Waals surface area contributed by atoms with Crippen LogP contribution in [0, 0.1) is 5.41 Å². The van der Waals surface area contributed by atoms with Gasteiger partial charge in [-0.3, -0.25) is 4.90 Å². The van der Waals surface area contributed by atoms with Crippen molar-refractivity contribution in [3.8, 4) is 0 Å². The van der Waals surface area contributed by atoms with Gasteiger partial charge < -0.3 is 5.32 Å². The number of rotatable bonds is 5. The molecule has 0 bridgehead atoms. The molecule has 1 atom stereocenters. The van der Waals surface area contributed by atoms with Crippen molar-refractivity contribution in [3.63, 3.8) is 0 Å². The molecule has 1 aromatic heterocycles. The van der Waals surface area contributed by atoms with Crippen molar-refractivity contribution in [2.75, 3.05) is 18.9 Å². The summed E-state index contributed by atoms with van der Waals surface area (Å²) >= 11 is 0. The summed E-state index contributed by atoms with van der Waals surface area (Å²) in [5.74, 6) is 0.965. The maximum absolute atomic E-state index is 4.30. The minimum atomic E-state index is 0.298. The normalized spacial score (nSPS) is 13.7. The standard InChI is InChI=1S/C15H27N3/c1-7-16-14-10-13(8-9-17-14)11-18(6)12(2)15(3,4)5/h8-10,12H,7,11H2,1-6H3,(H,16,17). The Morgan fingerprint density at radius 1 is 1.39 bits per heavy atom. The molecule has 1 rings (SSSR count). The van der Waals surface area contributed by atoms with Crippen molar-refractivity contribution in [2.24, 2.45) is 5.41 Å². The summed E-state index contributed by atoms with van der Waals surface area (Å²) in [6.07, 6.45) is 1.88. The molecular weight excluding hydrogens is 222 g/mol. The van der Waals surface area contributed by atoms with Gasteiger partial charge >= 0.3 is 0 Å². The van der Waals surface area contributed by atoms with Gasteiger partial charge in [0, 0.05) is 25.3 Å². The summed E-state index contributed by atoms with van der Waals surface area (Å²) in [7, 11) is 2.18. The Morgan fingerprint density at radius 2 is 2.06 bits per heavy atom. The van der Waals surface area contributed by atoms with Crippen LogP contribution in [0.3, 0.4) is 0 Å². The monoisotopic (exact) mass is 249 g/mol. The average molecular weight is 249 g/mol. The predicted molar refractivity (Wildman–Crippen MR) is 78.8 cm³/mol. The third kappa shape index (κ3) is 4.30. The quantitative estimate of drug-likeness (QED) is 0.867. The molecule has 1 heterocycles. The Labute approximate surface area is 112 Å². The first-order valence-corrected chi connectivity index (χ1v) is 6.73. The van der Waals surface area contributed by atoms with E-state index in [-0.39, 0.29) is 0 Å². The molecule has 102 valence electrons. The maximum Gasteiger partial charge on any atom is 0.126 e. The first-order valence-electron chi connectivity index (χ1n) is 6.73. The van der Waals surface area contributed by atoms with Crippen molar-refractivity contribution >= 4 is 5.82 Å². The number of nitrogens with one attached hydrogen (secondary N) is 1. The SMILES string of the molecule is CCNc1cc(CN(C)C(C)C(C)(C)C)ccn1. The van der Waals surface area contributed by atoms with Crippen molar-refractivity contribution in [1.82, 2.24) is 9.88 Å². The molecule has 0 saturated carbocycles. The number of hydrogen-bond donors (Lipinski definition) is 1. The molecule has 0 saturated heterocycles. The van der Waals surface area contributed by atoms with Gasteiger partial charge in [0.1, 0.15) is 5.82 Å². The van der Waals surface area contributed by atoms with E-state index < -0.39 is 0 Å². The topological polar surface area (TPSA) is 28.2 Å². The zero-order valence-electron chi connectivity index (χ0n) is 12.6. The number of aromatic nitrogens is 1. The van der Waals surface area contributed by atoms with Gasteiger partial charge in [0.2, 0.25) is 0 Å². The van der Waals surface area contributed by atoms with Gasteiger partial charge in [0.05, 0.1) is 0 Å². The summed E-state index contributed by atoms with van der Waals surface area (Å²) in [5.41, 5.74) is 1.60. The fraction of sp³-hybridized carbons (Fsp3) is 0.667.